The number of piperidine rings is 1. The molecule has 2 aliphatic heterocycles. The van der Waals surface area contributed by atoms with Crippen molar-refractivity contribution in [2.75, 3.05) is 12.4 Å². The van der Waals surface area contributed by atoms with E-state index in [1.165, 1.54) is 4.90 Å². The lowest BCUT2D eigenvalue weighted by atomic mass is 10.0. The van der Waals surface area contributed by atoms with Crippen molar-refractivity contribution >= 4 is 29.4 Å². The van der Waals surface area contributed by atoms with E-state index < -0.39 is 18.0 Å². The molecule has 0 spiro atoms. The Morgan fingerprint density at radius 1 is 1.19 bits per heavy atom. The smallest absolute Gasteiger partial charge is 0.319 e. The number of ether oxygens (including phenoxy) is 1. The zero-order chi connectivity index (χ0) is 22.0. The molecule has 0 aromatic heterocycles. The predicted molar refractivity (Wildman–Crippen MR) is 111 cm³/mol. The Balaban J connectivity index is 1.43. The van der Waals surface area contributed by atoms with E-state index in [0.717, 1.165) is 11.1 Å². The zero-order valence-electron chi connectivity index (χ0n) is 16.9. The van der Waals surface area contributed by atoms with Gasteiger partial charge in [-0.05, 0) is 35.7 Å². The van der Waals surface area contributed by atoms with Crippen LogP contribution in [0.4, 0.5) is 10.5 Å². The fourth-order valence-corrected chi connectivity index (χ4v) is 3.87. The summed E-state index contributed by atoms with van der Waals surface area (Å²) < 4.78 is 5.14. The molecular formula is C22H22N4O5. The van der Waals surface area contributed by atoms with Crippen LogP contribution < -0.4 is 20.7 Å². The lowest BCUT2D eigenvalue weighted by Gasteiger charge is -2.29. The largest absolute Gasteiger partial charge is 0.497 e. The maximum atomic E-state index is 12.9. The lowest BCUT2D eigenvalue weighted by molar-refractivity contribution is -0.136. The number of carbonyl (C=O) groups is 4. The fourth-order valence-electron chi connectivity index (χ4n) is 3.87. The van der Waals surface area contributed by atoms with Crippen LogP contribution in [0.15, 0.2) is 42.5 Å². The number of nitrogens with zero attached hydrogens (tertiary/aromatic N) is 1. The van der Waals surface area contributed by atoms with E-state index in [9.17, 15) is 19.2 Å². The summed E-state index contributed by atoms with van der Waals surface area (Å²) in [6.07, 6.45) is 0.510. The maximum absolute atomic E-state index is 12.9. The van der Waals surface area contributed by atoms with Crippen molar-refractivity contribution < 1.29 is 23.9 Å². The topological polar surface area (TPSA) is 117 Å². The van der Waals surface area contributed by atoms with Crippen LogP contribution >= 0.6 is 0 Å². The van der Waals surface area contributed by atoms with Gasteiger partial charge in [-0.3, -0.25) is 19.7 Å². The number of urea groups is 1. The summed E-state index contributed by atoms with van der Waals surface area (Å²) in [5.74, 6) is -0.384. The molecule has 1 atom stereocenters. The summed E-state index contributed by atoms with van der Waals surface area (Å²) in [6.45, 7) is 0.477. The van der Waals surface area contributed by atoms with Gasteiger partial charge in [-0.1, -0.05) is 18.2 Å². The Morgan fingerprint density at radius 3 is 2.77 bits per heavy atom. The van der Waals surface area contributed by atoms with Crippen LogP contribution in [0, 0.1) is 0 Å². The van der Waals surface area contributed by atoms with Gasteiger partial charge in [-0.25, -0.2) is 4.79 Å². The third-order valence-electron chi connectivity index (χ3n) is 5.45. The molecule has 2 aromatic carbocycles. The molecule has 9 heteroatoms. The summed E-state index contributed by atoms with van der Waals surface area (Å²) in [5, 5.41) is 7.83. The number of hydrogen-bond donors (Lipinski definition) is 3. The van der Waals surface area contributed by atoms with Crippen molar-refractivity contribution in [2.24, 2.45) is 0 Å². The normalized spacial score (nSPS) is 17.8. The number of fused-ring (bicyclic) bond motifs is 1. The Morgan fingerprint density at radius 2 is 2.00 bits per heavy atom. The van der Waals surface area contributed by atoms with Crippen LogP contribution in [0.3, 0.4) is 0 Å². The average Bonchev–Trinajstić information content (AvgIpc) is 3.09. The van der Waals surface area contributed by atoms with E-state index in [2.05, 4.69) is 16.0 Å². The minimum Gasteiger partial charge on any atom is -0.497 e. The molecule has 9 nitrogen and oxygen atoms in total. The van der Waals surface area contributed by atoms with Gasteiger partial charge in [0.05, 0.1) is 7.11 Å². The van der Waals surface area contributed by atoms with Gasteiger partial charge in [0.1, 0.15) is 11.8 Å². The maximum Gasteiger partial charge on any atom is 0.319 e. The molecule has 2 aliphatic rings. The zero-order valence-corrected chi connectivity index (χ0v) is 16.9. The van der Waals surface area contributed by atoms with Crippen molar-refractivity contribution in [1.29, 1.82) is 0 Å². The summed E-state index contributed by atoms with van der Waals surface area (Å²) in [7, 11) is 1.55. The van der Waals surface area contributed by atoms with E-state index in [4.69, 9.17) is 4.74 Å². The number of hydrogen-bond acceptors (Lipinski definition) is 5. The number of carbonyl (C=O) groups excluding carboxylic acids is 4. The Bertz CT molecular complexity index is 1070. The summed E-state index contributed by atoms with van der Waals surface area (Å²) >= 11 is 0. The first-order valence-electron chi connectivity index (χ1n) is 9.90. The highest BCUT2D eigenvalue weighted by Crippen LogP contribution is 2.29. The van der Waals surface area contributed by atoms with Gasteiger partial charge < -0.3 is 20.3 Å². The Hall–Kier alpha value is -3.88. The molecule has 2 heterocycles. The second-order valence-electron chi connectivity index (χ2n) is 7.38. The van der Waals surface area contributed by atoms with E-state index in [0.29, 0.717) is 23.4 Å². The Kier molecular flexibility index (Phi) is 5.57. The molecule has 2 aromatic rings. The predicted octanol–water partition coefficient (Wildman–Crippen LogP) is 1.78. The molecule has 1 saturated heterocycles. The molecular weight excluding hydrogens is 400 g/mol. The summed E-state index contributed by atoms with van der Waals surface area (Å²) in [6, 6.07) is 11.2. The highest BCUT2D eigenvalue weighted by molar-refractivity contribution is 6.05. The van der Waals surface area contributed by atoms with Crippen molar-refractivity contribution in [3.05, 3.63) is 59.2 Å². The van der Waals surface area contributed by atoms with Gasteiger partial charge in [-0.15, -0.1) is 0 Å². The first-order chi connectivity index (χ1) is 15.0. The van der Waals surface area contributed by atoms with Crippen LogP contribution in [0.2, 0.25) is 0 Å². The van der Waals surface area contributed by atoms with Crippen LogP contribution in [-0.2, 0) is 22.7 Å². The highest BCUT2D eigenvalue weighted by Gasteiger charge is 2.39. The number of rotatable bonds is 5. The van der Waals surface area contributed by atoms with Crippen molar-refractivity contribution in [2.45, 2.75) is 32.0 Å². The highest BCUT2D eigenvalue weighted by atomic mass is 16.5. The quantitative estimate of drug-likeness (QED) is 0.635. The molecule has 3 N–H and O–H groups in total. The number of nitrogens with one attached hydrogen (secondary N) is 3. The van der Waals surface area contributed by atoms with Gasteiger partial charge in [0.2, 0.25) is 11.8 Å². The summed E-state index contributed by atoms with van der Waals surface area (Å²) in [4.78, 5) is 50.3. The number of benzene rings is 2. The van der Waals surface area contributed by atoms with Crippen LogP contribution in [0.25, 0.3) is 0 Å². The van der Waals surface area contributed by atoms with Gasteiger partial charge in [-0.2, -0.15) is 0 Å². The number of anilines is 1. The molecule has 0 aliphatic carbocycles. The molecule has 0 radical (unpaired) electrons. The van der Waals surface area contributed by atoms with E-state index in [1.807, 2.05) is 6.07 Å². The van der Waals surface area contributed by atoms with Gasteiger partial charge in [0, 0.05) is 36.8 Å². The van der Waals surface area contributed by atoms with Crippen LogP contribution in [0.1, 0.15) is 34.3 Å². The molecule has 0 bridgehead atoms. The van der Waals surface area contributed by atoms with Gasteiger partial charge in [0.15, 0.2) is 0 Å². The molecule has 160 valence electrons. The monoisotopic (exact) mass is 422 g/mol. The minimum absolute atomic E-state index is 0.204. The molecule has 5 amide bonds. The fraction of sp³-hybridized carbons (Fsp3) is 0.273. The molecule has 31 heavy (non-hydrogen) atoms. The third kappa shape index (κ3) is 4.20. The van der Waals surface area contributed by atoms with Crippen molar-refractivity contribution in [1.82, 2.24) is 15.5 Å². The van der Waals surface area contributed by atoms with Crippen molar-refractivity contribution in [3.63, 3.8) is 0 Å². The molecule has 1 unspecified atom stereocenters. The average molecular weight is 422 g/mol. The second kappa shape index (κ2) is 8.47. The molecule has 4 rings (SSSR count). The molecule has 1 fully saturated rings. The van der Waals surface area contributed by atoms with Crippen LogP contribution in [-0.4, -0.2) is 41.8 Å². The molecule has 0 saturated carbocycles. The van der Waals surface area contributed by atoms with E-state index in [1.54, 1.807) is 43.5 Å². The van der Waals surface area contributed by atoms with E-state index in [-0.39, 0.29) is 31.3 Å². The van der Waals surface area contributed by atoms with E-state index >= 15 is 0 Å². The number of methoxy groups -OCH3 is 1. The SMILES string of the molecule is COc1cccc(NC(=O)NCc2cccc3c2CN(C2CCC(=O)NC2=O)C3=O)c1. The minimum atomic E-state index is -0.672. The first kappa shape index (κ1) is 20.4. The Labute approximate surface area is 178 Å². The number of amides is 5. The number of imide groups is 1. The van der Waals surface area contributed by atoms with Crippen LogP contribution in [0.5, 0.6) is 5.75 Å². The lowest BCUT2D eigenvalue weighted by Crippen LogP contribution is -2.52. The standard InChI is InChI=1S/C22H22N4O5/c1-31-15-6-3-5-14(10-15)24-22(30)23-11-13-4-2-7-16-17(13)12-26(21(16)29)18-8-9-19(27)25-20(18)28/h2-7,10,18H,8-9,11-12H2,1H3,(H2,23,24,30)(H,25,27,28). The first-order valence-corrected chi connectivity index (χ1v) is 9.90. The van der Waals surface area contributed by atoms with Crippen molar-refractivity contribution in [3.8, 4) is 5.75 Å². The van der Waals surface area contributed by atoms with Gasteiger partial charge >= 0.3 is 6.03 Å². The second-order valence-corrected chi connectivity index (χ2v) is 7.38. The third-order valence-corrected chi connectivity index (χ3v) is 5.45. The summed E-state index contributed by atoms with van der Waals surface area (Å²) in [5.41, 5.74) is 2.67. The van der Waals surface area contributed by atoms with Gasteiger partial charge in [0.25, 0.3) is 5.91 Å².